The third kappa shape index (κ3) is 8.80. The van der Waals surface area contributed by atoms with Crippen molar-refractivity contribution in [3.8, 4) is 0 Å². The monoisotopic (exact) mass is 868 g/mol. The van der Waals surface area contributed by atoms with Gasteiger partial charge < -0.3 is 29.8 Å². The molecule has 64 heavy (non-hydrogen) atoms. The second-order valence-corrected chi connectivity index (χ2v) is 20.3. The number of nitrogens with zero attached hydrogens (tertiary/aromatic N) is 4. The molecule has 4 heterocycles. The van der Waals surface area contributed by atoms with E-state index in [9.17, 15) is 14.4 Å². The number of likely N-dealkylation sites (tertiary alicyclic amines) is 2. The Balaban J connectivity index is 0.902. The van der Waals surface area contributed by atoms with Crippen molar-refractivity contribution in [3.05, 3.63) is 94.1 Å². The van der Waals surface area contributed by atoms with Crippen LogP contribution in [0.1, 0.15) is 181 Å². The summed E-state index contributed by atoms with van der Waals surface area (Å²) in [5.41, 5.74) is 13.7. The lowest BCUT2D eigenvalue weighted by atomic mass is 9.63. The third-order valence-electron chi connectivity index (χ3n) is 15.3. The lowest BCUT2D eigenvalue weighted by Gasteiger charge is -2.42. The minimum atomic E-state index is -0.657. The first kappa shape index (κ1) is 44.0. The van der Waals surface area contributed by atoms with Crippen LogP contribution in [0.2, 0.25) is 0 Å². The molecule has 7 aliphatic rings. The number of imidazole rings is 2. The number of methoxy groups -OCH3 is 1. The highest BCUT2D eigenvalue weighted by Gasteiger charge is 2.40. The topological polar surface area (TPSA) is 136 Å². The van der Waals surface area contributed by atoms with Gasteiger partial charge in [-0.1, -0.05) is 71.1 Å². The number of carbonyl (C=O) groups is 3. The summed E-state index contributed by atoms with van der Waals surface area (Å²) >= 11 is 0. The van der Waals surface area contributed by atoms with E-state index in [0.29, 0.717) is 30.2 Å². The molecular formula is C53H69N7O4. The molecule has 3 N–H and O–H groups in total. The van der Waals surface area contributed by atoms with Gasteiger partial charge in [-0.25, -0.2) is 14.8 Å². The number of amides is 3. The molecule has 3 amide bonds. The predicted octanol–water partition coefficient (Wildman–Crippen LogP) is 10.7. The average molecular weight is 868 g/mol. The Kier molecular flexibility index (Phi) is 12.9. The van der Waals surface area contributed by atoms with E-state index in [2.05, 4.69) is 77.4 Å². The highest BCUT2D eigenvalue weighted by atomic mass is 16.5. The van der Waals surface area contributed by atoms with Crippen molar-refractivity contribution in [3.63, 3.8) is 0 Å². The largest absolute Gasteiger partial charge is 0.453 e. The van der Waals surface area contributed by atoms with Crippen molar-refractivity contribution in [2.75, 3.05) is 20.2 Å². The number of benzene rings is 1. The summed E-state index contributed by atoms with van der Waals surface area (Å²) in [6.45, 7) is 11.8. The van der Waals surface area contributed by atoms with Crippen LogP contribution in [-0.4, -0.2) is 79.9 Å². The van der Waals surface area contributed by atoms with E-state index < -0.39 is 12.1 Å². The normalized spacial score (nSPS) is 24.0. The van der Waals surface area contributed by atoms with Gasteiger partial charge in [0.15, 0.2) is 0 Å². The number of carbonyl (C=O) groups excluding carboxylic acids is 3. The molecule has 4 atom stereocenters. The smallest absolute Gasteiger partial charge is 0.407 e. The van der Waals surface area contributed by atoms with Crippen LogP contribution in [0.5, 0.6) is 0 Å². The van der Waals surface area contributed by atoms with Gasteiger partial charge in [0.2, 0.25) is 11.8 Å². The van der Waals surface area contributed by atoms with Gasteiger partial charge in [-0.3, -0.25) is 9.59 Å². The summed E-state index contributed by atoms with van der Waals surface area (Å²) in [6.07, 6.45) is 27.2. The standard InChI is InChI=1S/C53H69N7O4/c1-31(2)27-33(5)51(61)59-25-7-9-40(59)28-46-54-29-43(56-46)36-15-11-34(12-16-36)41-23-24-42(48-39-21-19-38(20-22-39)47(41)48)35-13-17-37(18-14-35)44-30-55-50(57-44)45-10-8-26-60(45)52(62)49(32(3)4)58-53(63)64-6/h11,13,15,17,23-24,29-33,38-40,45,49H,7-10,12,14,16,18-22,25-28H2,1-6H3,(H,54,56)(H,55,57)(H,58,63). The number of fused-ring (bicyclic) bond motifs is 2. The number of alkyl carbamates (subject to hydrolysis) is 1. The van der Waals surface area contributed by atoms with Gasteiger partial charge in [0, 0.05) is 31.5 Å². The summed E-state index contributed by atoms with van der Waals surface area (Å²) in [7, 11) is 1.32. The number of aromatic amines is 2. The van der Waals surface area contributed by atoms with Gasteiger partial charge in [-0.2, -0.15) is 0 Å². The van der Waals surface area contributed by atoms with E-state index in [1.165, 1.54) is 66.2 Å². The Morgan fingerprint density at radius 3 is 1.86 bits per heavy atom. The van der Waals surface area contributed by atoms with Crippen LogP contribution < -0.4 is 5.32 Å². The number of hydrogen-bond donors (Lipinski definition) is 3. The Morgan fingerprint density at radius 1 is 0.719 bits per heavy atom. The SMILES string of the molecule is COC(=O)NC(C(=O)N1CCCC1c1ncc(C2=CC=C(c3ccc(C4=CC=C(c5cnc(CC6CCCN6C(=O)C(C)CC(C)C)[nH]5)CC4)c4c3C3CCC4CC3)CC2)[nH]1)C(C)C. The van der Waals surface area contributed by atoms with Crippen molar-refractivity contribution in [1.82, 2.24) is 35.1 Å². The zero-order valence-corrected chi connectivity index (χ0v) is 39.0. The summed E-state index contributed by atoms with van der Waals surface area (Å²) < 4.78 is 4.81. The highest BCUT2D eigenvalue weighted by Crippen LogP contribution is 2.55. The van der Waals surface area contributed by atoms with Crippen LogP contribution in [0.25, 0.3) is 22.3 Å². The summed E-state index contributed by atoms with van der Waals surface area (Å²) in [4.78, 5) is 60.0. The molecular weight excluding hydrogens is 799 g/mol. The fraction of sp³-hybridized carbons (Fsp3) is 0.566. The van der Waals surface area contributed by atoms with E-state index in [1.54, 1.807) is 11.1 Å². The van der Waals surface area contributed by atoms with Crippen molar-refractivity contribution in [1.29, 1.82) is 0 Å². The number of aromatic nitrogens is 4. The van der Waals surface area contributed by atoms with Crippen molar-refractivity contribution >= 4 is 40.2 Å². The zero-order chi connectivity index (χ0) is 44.6. The predicted molar refractivity (Wildman–Crippen MR) is 253 cm³/mol. The zero-order valence-electron chi connectivity index (χ0n) is 39.0. The molecule has 2 aliphatic heterocycles. The van der Waals surface area contributed by atoms with Crippen molar-refractivity contribution in [2.45, 2.75) is 154 Å². The second kappa shape index (κ2) is 18.7. The van der Waals surface area contributed by atoms with Gasteiger partial charge in [-0.15, -0.1) is 0 Å². The number of H-pyrrole nitrogens is 2. The van der Waals surface area contributed by atoms with Gasteiger partial charge in [0.05, 0.1) is 36.9 Å². The van der Waals surface area contributed by atoms with E-state index in [0.717, 1.165) is 93.8 Å². The van der Waals surface area contributed by atoms with Gasteiger partial charge in [0.25, 0.3) is 0 Å². The maximum absolute atomic E-state index is 13.7. The summed E-state index contributed by atoms with van der Waals surface area (Å²) in [5, 5.41) is 2.75. The molecule has 2 aromatic heterocycles. The molecule has 340 valence electrons. The maximum Gasteiger partial charge on any atom is 0.407 e. The van der Waals surface area contributed by atoms with Crippen molar-refractivity contribution < 1.29 is 19.1 Å². The number of rotatable bonds is 13. The van der Waals surface area contributed by atoms with E-state index in [-0.39, 0.29) is 29.8 Å². The van der Waals surface area contributed by atoms with Crippen LogP contribution in [0.3, 0.4) is 0 Å². The van der Waals surface area contributed by atoms with E-state index in [4.69, 9.17) is 14.7 Å². The van der Waals surface area contributed by atoms with Crippen LogP contribution >= 0.6 is 0 Å². The van der Waals surface area contributed by atoms with E-state index >= 15 is 0 Å². The third-order valence-corrected chi connectivity index (χ3v) is 15.3. The molecule has 4 unspecified atom stereocenters. The molecule has 3 fully saturated rings. The minimum absolute atomic E-state index is 0.0664. The molecule has 1 aromatic carbocycles. The fourth-order valence-electron chi connectivity index (χ4n) is 12.1. The lowest BCUT2D eigenvalue weighted by molar-refractivity contribution is -0.136. The summed E-state index contributed by atoms with van der Waals surface area (Å²) in [5.74, 6) is 3.75. The fourth-order valence-corrected chi connectivity index (χ4v) is 12.1. The van der Waals surface area contributed by atoms with Crippen molar-refractivity contribution in [2.24, 2.45) is 17.8 Å². The van der Waals surface area contributed by atoms with E-state index in [1.807, 2.05) is 31.1 Å². The van der Waals surface area contributed by atoms with Crippen LogP contribution in [0.4, 0.5) is 4.79 Å². The summed E-state index contributed by atoms with van der Waals surface area (Å²) in [6, 6.07) is 4.28. The van der Waals surface area contributed by atoms with Gasteiger partial charge >= 0.3 is 6.09 Å². The molecule has 1 saturated carbocycles. The van der Waals surface area contributed by atoms with Gasteiger partial charge in [-0.05, 0) is 152 Å². The second-order valence-electron chi connectivity index (χ2n) is 20.3. The first-order valence-corrected chi connectivity index (χ1v) is 24.5. The Bertz CT molecular complexity index is 2370. The number of nitrogens with one attached hydrogen (secondary N) is 3. The number of ether oxygens (including phenoxy) is 1. The molecule has 11 heteroatoms. The minimum Gasteiger partial charge on any atom is -0.453 e. The number of hydrogen-bond acceptors (Lipinski definition) is 6. The van der Waals surface area contributed by atoms with Gasteiger partial charge in [0.1, 0.15) is 17.7 Å². The number of allylic oxidation sites excluding steroid dienone is 8. The Labute approximate surface area is 379 Å². The molecule has 0 radical (unpaired) electrons. The molecule has 0 spiro atoms. The van der Waals surface area contributed by atoms with Crippen LogP contribution in [-0.2, 0) is 20.7 Å². The van der Waals surface area contributed by atoms with Crippen LogP contribution in [0.15, 0.2) is 48.8 Å². The van der Waals surface area contributed by atoms with Crippen LogP contribution in [0, 0.1) is 17.8 Å². The first-order chi connectivity index (χ1) is 31.0. The quantitative estimate of drug-likeness (QED) is 0.156. The molecule has 2 bridgehead atoms. The Hall–Kier alpha value is -5.19. The first-order valence-electron chi connectivity index (χ1n) is 24.5. The molecule has 11 nitrogen and oxygen atoms in total. The Morgan fingerprint density at radius 2 is 1.28 bits per heavy atom. The average Bonchev–Trinajstić information content (AvgIpc) is 4.16. The molecule has 3 aromatic rings. The lowest BCUT2D eigenvalue weighted by Crippen LogP contribution is -2.51. The molecule has 5 aliphatic carbocycles. The molecule has 10 rings (SSSR count). The maximum atomic E-state index is 13.7. The molecule has 2 saturated heterocycles. The highest BCUT2D eigenvalue weighted by molar-refractivity contribution is 5.87.